The molecule has 154 valence electrons. The highest BCUT2D eigenvalue weighted by molar-refractivity contribution is 5.91. The Morgan fingerprint density at radius 1 is 0.903 bits per heavy atom. The number of carbonyl (C=O) groups is 1. The first-order chi connectivity index (χ1) is 15.2. The maximum atomic E-state index is 12.0. The molecule has 0 saturated carbocycles. The van der Waals surface area contributed by atoms with Gasteiger partial charge in [-0.15, -0.1) is 0 Å². The van der Waals surface area contributed by atoms with E-state index in [1.165, 1.54) is 10.8 Å². The number of hydrazone groups is 1. The van der Waals surface area contributed by atoms with Crippen molar-refractivity contribution in [3.63, 3.8) is 0 Å². The van der Waals surface area contributed by atoms with Crippen LogP contribution in [-0.4, -0.2) is 12.2 Å². The van der Waals surface area contributed by atoms with Crippen LogP contribution in [0.15, 0.2) is 96.1 Å². The number of rotatable bonds is 6. The Labute approximate surface area is 181 Å². The van der Waals surface area contributed by atoms with E-state index in [0.29, 0.717) is 6.61 Å². The minimum Gasteiger partial charge on any atom is -0.489 e. The Morgan fingerprint density at radius 3 is 2.48 bits per heavy atom. The Kier molecular flexibility index (Phi) is 6.24. The molecule has 5 heteroatoms. The number of hydrogen-bond acceptors (Lipinski definition) is 3. The van der Waals surface area contributed by atoms with Crippen molar-refractivity contribution in [1.82, 2.24) is 5.43 Å². The second kappa shape index (κ2) is 9.59. The van der Waals surface area contributed by atoms with Crippen molar-refractivity contribution in [3.8, 4) is 5.75 Å². The van der Waals surface area contributed by atoms with Crippen LogP contribution < -0.4 is 15.5 Å². The number of nitrogens with zero attached hydrogens (tertiary/aromatic N) is 1. The van der Waals surface area contributed by atoms with Crippen LogP contribution in [0, 0.1) is 6.92 Å². The molecular formula is C26H23N3O2. The van der Waals surface area contributed by atoms with Crippen LogP contribution in [0.4, 0.5) is 10.5 Å². The van der Waals surface area contributed by atoms with Gasteiger partial charge in [0.05, 0.1) is 6.21 Å². The lowest BCUT2D eigenvalue weighted by Crippen LogP contribution is -2.24. The quantitative estimate of drug-likeness (QED) is 0.308. The molecule has 0 aliphatic heterocycles. The van der Waals surface area contributed by atoms with Crippen molar-refractivity contribution in [1.29, 1.82) is 0 Å². The standard InChI is InChI=1S/C26H23N3O2/c1-19-7-2-5-12-25(19)28-26(30)29-27-17-20-13-15-23(16-14-20)31-18-22-10-6-9-21-8-3-4-11-24(21)22/h2-17H,18H2,1H3,(H2,28,29,30). The number of amides is 2. The number of urea groups is 1. The van der Waals surface area contributed by atoms with Crippen molar-refractivity contribution in [3.05, 3.63) is 108 Å². The summed E-state index contributed by atoms with van der Waals surface area (Å²) in [4.78, 5) is 12.0. The Balaban J connectivity index is 1.31. The number of hydrogen-bond donors (Lipinski definition) is 2. The van der Waals surface area contributed by atoms with E-state index in [-0.39, 0.29) is 6.03 Å². The molecule has 4 rings (SSSR count). The fourth-order valence-corrected chi connectivity index (χ4v) is 3.26. The second-order valence-electron chi connectivity index (χ2n) is 7.14. The summed E-state index contributed by atoms with van der Waals surface area (Å²) in [6.45, 7) is 2.43. The number of nitrogens with one attached hydrogen (secondary N) is 2. The number of ether oxygens (including phenoxy) is 1. The number of benzene rings is 4. The van der Waals surface area contributed by atoms with Crippen LogP contribution in [-0.2, 0) is 6.61 Å². The highest BCUT2D eigenvalue weighted by Gasteiger charge is 2.03. The maximum Gasteiger partial charge on any atom is 0.339 e. The molecular weight excluding hydrogens is 386 g/mol. The van der Waals surface area contributed by atoms with Crippen LogP contribution in [0.3, 0.4) is 0 Å². The number of fused-ring (bicyclic) bond motifs is 1. The molecule has 4 aromatic rings. The summed E-state index contributed by atoms with van der Waals surface area (Å²) in [6.07, 6.45) is 1.59. The van der Waals surface area contributed by atoms with Gasteiger partial charge in [-0.2, -0.15) is 5.10 Å². The predicted octanol–water partition coefficient (Wildman–Crippen LogP) is 5.88. The van der Waals surface area contributed by atoms with E-state index in [2.05, 4.69) is 40.1 Å². The van der Waals surface area contributed by atoms with E-state index in [1.807, 2.05) is 73.7 Å². The van der Waals surface area contributed by atoms with Crippen molar-refractivity contribution in [2.45, 2.75) is 13.5 Å². The smallest absolute Gasteiger partial charge is 0.339 e. The first kappa shape index (κ1) is 20.2. The molecule has 0 saturated heterocycles. The average Bonchev–Trinajstić information content (AvgIpc) is 2.80. The monoisotopic (exact) mass is 409 g/mol. The van der Waals surface area contributed by atoms with Crippen LogP contribution in [0.5, 0.6) is 5.75 Å². The lowest BCUT2D eigenvalue weighted by Gasteiger charge is -2.09. The SMILES string of the molecule is Cc1ccccc1NC(=O)NN=Cc1ccc(OCc2cccc3ccccc23)cc1. The van der Waals surface area contributed by atoms with Gasteiger partial charge in [-0.05, 0) is 64.7 Å². The first-order valence-electron chi connectivity index (χ1n) is 10.0. The summed E-state index contributed by atoms with van der Waals surface area (Å²) in [6, 6.07) is 29.2. The van der Waals surface area contributed by atoms with Gasteiger partial charge in [0.1, 0.15) is 12.4 Å². The third-order valence-electron chi connectivity index (χ3n) is 4.93. The van der Waals surface area contributed by atoms with Gasteiger partial charge in [0.2, 0.25) is 0 Å². The number of aryl methyl sites for hydroxylation is 1. The summed E-state index contributed by atoms with van der Waals surface area (Å²) in [7, 11) is 0. The summed E-state index contributed by atoms with van der Waals surface area (Å²) in [5, 5.41) is 9.16. The van der Waals surface area contributed by atoms with Crippen molar-refractivity contribution < 1.29 is 9.53 Å². The molecule has 0 bridgehead atoms. The molecule has 0 aromatic heterocycles. The van der Waals surface area contributed by atoms with E-state index in [4.69, 9.17) is 4.74 Å². The Morgan fingerprint density at radius 2 is 1.65 bits per heavy atom. The number of para-hydroxylation sites is 1. The molecule has 0 fully saturated rings. The molecule has 0 radical (unpaired) electrons. The van der Waals surface area contributed by atoms with E-state index in [9.17, 15) is 4.79 Å². The van der Waals surface area contributed by atoms with E-state index in [0.717, 1.165) is 28.1 Å². The third-order valence-corrected chi connectivity index (χ3v) is 4.93. The normalized spacial score (nSPS) is 10.9. The predicted molar refractivity (Wildman–Crippen MR) is 126 cm³/mol. The highest BCUT2D eigenvalue weighted by Crippen LogP contribution is 2.21. The minimum absolute atomic E-state index is 0.388. The zero-order chi connectivity index (χ0) is 21.5. The zero-order valence-electron chi connectivity index (χ0n) is 17.2. The summed E-state index contributed by atoms with van der Waals surface area (Å²) in [5.41, 5.74) is 6.21. The summed E-state index contributed by atoms with van der Waals surface area (Å²) in [5.74, 6) is 0.773. The molecule has 4 aromatic carbocycles. The van der Waals surface area contributed by atoms with E-state index >= 15 is 0 Å². The first-order valence-corrected chi connectivity index (χ1v) is 10.0. The Hall–Kier alpha value is -4.12. The molecule has 31 heavy (non-hydrogen) atoms. The van der Waals surface area contributed by atoms with Gasteiger partial charge in [0.15, 0.2) is 0 Å². The molecule has 0 aliphatic rings. The fourth-order valence-electron chi connectivity index (χ4n) is 3.26. The molecule has 2 N–H and O–H groups in total. The van der Waals surface area contributed by atoms with Crippen LogP contribution in [0.2, 0.25) is 0 Å². The number of carbonyl (C=O) groups excluding carboxylic acids is 1. The minimum atomic E-state index is -0.388. The summed E-state index contributed by atoms with van der Waals surface area (Å²) >= 11 is 0. The highest BCUT2D eigenvalue weighted by atomic mass is 16.5. The van der Waals surface area contributed by atoms with Gasteiger partial charge >= 0.3 is 6.03 Å². The fraction of sp³-hybridized carbons (Fsp3) is 0.0769. The van der Waals surface area contributed by atoms with Gasteiger partial charge in [0, 0.05) is 5.69 Å². The van der Waals surface area contributed by atoms with E-state index in [1.54, 1.807) is 6.21 Å². The van der Waals surface area contributed by atoms with Crippen LogP contribution in [0.1, 0.15) is 16.7 Å². The Bertz CT molecular complexity index is 1210. The topological polar surface area (TPSA) is 62.7 Å². The van der Waals surface area contributed by atoms with Crippen molar-refractivity contribution in [2.24, 2.45) is 5.10 Å². The van der Waals surface area contributed by atoms with Gasteiger partial charge in [-0.1, -0.05) is 60.7 Å². The molecule has 0 aliphatic carbocycles. The molecule has 0 spiro atoms. The lowest BCUT2D eigenvalue weighted by atomic mass is 10.1. The molecule has 0 heterocycles. The van der Waals surface area contributed by atoms with Gasteiger partial charge < -0.3 is 10.1 Å². The van der Waals surface area contributed by atoms with Gasteiger partial charge in [0.25, 0.3) is 0 Å². The second-order valence-corrected chi connectivity index (χ2v) is 7.14. The van der Waals surface area contributed by atoms with Gasteiger partial charge in [-0.25, -0.2) is 10.2 Å². The summed E-state index contributed by atoms with van der Waals surface area (Å²) < 4.78 is 5.95. The van der Waals surface area contributed by atoms with Crippen LogP contribution >= 0.6 is 0 Å². The zero-order valence-corrected chi connectivity index (χ0v) is 17.2. The average molecular weight is 409 g/mol. The third kappa shape index (κ3) is 5.28. The molecule has 2 amide bonds. The number of anilines is 1. The van der Waals surface area contributed by atoms with Crippen molar-refractivity contribution in [2.75, 3.05) is 5.32 Å². The van der Waals surface area contributed by atoms with E-state index < -0.39 is 0 Å². The van der Waals surface area contributed by atoms with Crippen molar-refractivity contribution >= 4 is 28.7 Å². The maximum absolute atomic E-state index is 12.0. The molecule has 0 atom stereocenters. The van der Waals surface area contributed by atoms with Gasteiger partial charge in [-0.3, -0.25) is 0 Å². The molecule has 0 unspecified atom stereocenters. The largest absolute Gasteiger partial charge is 0.489 e. The molecule has 5 nitrogen and oxygen atoms in total. The lowest BCUT2D eigenvalue weighted by molar-refractivity contribution is 0.252. The van der Waals surface area contributed by atoms with Crippen LogP contribution in [0.25, 0.3) is 10.8 Å².